The maximum atomic E-state index is 9.16. The number of imidazole rings is 1. The number of fused-ring (bicyclic) bond motifs is 1. The number of nitriles is 1. The standard InChI is InChI=1S/C14H13ClN6/c15-9-13-18-14-11(10-16)3-1-4-12(14)21(13)7-2-6-20-8-5-17-19-20/h1,3-5,8H,2,6-7,9H2. The molecule has 0 fully saturated rings. The molecule has 0 aliphatic rings. The van der Waals surface area contributed by atoms with E-state index in [1.807, 2.05) is 18.3 Å². The zero-order valence-corrected chi connectivity index (χ0v) is 12.0. The van der Waals surface area contributed by atoms with Gasteiger partial charge in [0.1, 0.15) is 17.4 Å². The van der Waals surface area contributed by atoms with Crippen LogP contribution >= 0.6 is 11.6 Å². The van der Waals surface area contributed by atoms with Crippen LogP contribution in [0.15, 0.2) is 30.6 Å². The Morgan fingerprint density at radius 3 is 2.90 bits per heavy atom. The lowest BCUT2D eigenvalue weighted by molar-refractivity contribution is 0.514. The summed E-state index contributed by atoms with van der Waals surface area (Å²) in [6.07, 6.45) is 4.38. The van der Waals surface area contributed by atoms with Crippen molar-refractivity contribution in [3.05, 3.63) is 42.0 Å². The van der Waals surface area contributed by atoms with E-state index >= 15 is 0 Å². The highest BCUT2D eigenvalue weighted by molar-refractivity contribution is 6.16. The van der Waals surface area contributed by atoms with E-state index in [1.54, 1.807) is 16.9 Å². The molecule has 0 N–H and O–H groups in total. The Kier molecular flexibility index (Phi) is 3.84. The molecule has 0 saturated carbocycles. The first-order valence-corrected chi connectivity index (χ1v) is 7.15. The SMILES string of the molecule is N#Cc1cccc2c1nc(CCl)n2CCCn1ccnn1. The predicted octanol–water partition coefficient (Wildman–Crippen LogP) is 2.33. The van der Waals surface area contributed by atoms with Crippen LogP contribution in [0.2, 0.25) is 0 Å². The molecule has 0 unspecified atom stereocenters. The number of nitrogens with zero attached hydrogens (tertiary/aromatic N) is 6. The lowest BCUT2D eigenvalue weighted by Crippen LogP contribution is -2.07. The van der Waals surface area contributed by atoms with Crippen LogP contribution in [0.25, 0.3) is 11.0 Å². The van der Waals surface area contributed by atoms with E-state index in [1.165, 1.54) is 0 Å². The molecule has 0 bridgehead atoms. The van der Waals surface area contributed by atoms with Crippen LogP contribution in [0, 0.1) is 11.3 Å². The number of alkyl halides is 1. The van der Waals surface area contributed by atoms with Crippen molar-refractivity contribution < 1.29 is 0 Å². The third-order valence-electron chi connectivity index (χ3n) is 3.34. The van der Waals surface area contributed by atoms with E-state index in [4.69, 9.17) is 16.9 Å². The molecule has 0 aliphatic carbocycles. The Morgan fingerprint density at radius 2 is 2.19 bits per heavy atom. The largest absolute Gasteiger partial charge is 0.327 e. The number of aromatic nitrogens is 5. The van der Waals surface area contributed by atoms with Gasteiger partial charge < -0.3 is 4.57 Å². The average molecular weight is 301 g/mol. The van der Waals surface area contributed by atoms with Gasteiger partial charge in [0, 0.05) is 19.3 Å². The van der Waals surface area contributed by atoms with Crippen LogP contribution < -0.4 is 0 Å². The minimum atomic E-state index is 0.322. The Labute approximate surface area is 126 Å². The molecule has 21 heavy (non-hydrogen) atoms. The topological polar surface area (TPSA) is 72.3 Å². The van der Waals surface area contributed by atoms with Gasteiger partial charge in [-0.1, -0.05) is 11.3 Å². The molecule has 2 heterocycles. The fourth-order valence-corrected chi connectivity index (χ4v) is 2.58. The molecule has 3 aromatic rings. The highest BCUT2D eigenvalue weighted by Crippen LogP contribution is 2.21. The van der Waals surface area contributed by atoms with Crippen LogP contribution in [0.1, 0.15) is 17.8 Å². The molecular weight excluding hydrogens is 288 g/mol. The summed E-state index contributed by atoms with van der Waals surface area (Å²) in [6, 6.07) is 7.78. The highest BCUT2D eigenvalue weighted by atomic mass is 35.5. The van der Waals surface area contributed by atoms with Gasteiger partial charge in [-0.3, -0.25) is 4.68 Å². The van der Waals surface area contributed by atoms with Gasteiger partial charge in [0.2, 0.25) is 0 Å². The van der Waals surface area contributed by atoms with Crippen molar-refractivity contribution in [3.63, 3.8) is 0 Å². The summed E-state index contributed by atoms with van der Waals surface area (Å²) in [5.41, 5.74) is 2.24. The molecule has 3 rings (SSSR count). The second-order valence-electron chi connectivity index (χ2n) is 4.62. The van der Waals surface area contributed by atoms with Gasteiger partial charge in [-0.2, -0.15) is 5.26 Å². The van der Waals surface area contributed by atoms with E-state index < -0.39 is 0 Å². The van der Waals surface area contributed by atoms with Crippen molar-refractivity contribution in [1.82, 2.24) is 24.5 Å². The van der Waals surface area contributed by atoms with Crippen molar-refractivity contribution in [3.8, 4) is 6.07 Å². The van der Waals surface area contributed by atoms with Gasteiger partial charge in [0.25, 0.3) is 0 Å². The van der Waals surface area contributed by atoms with Crippen molar-refractivity contribution >= 4 is 22.6 Å². The van der Waals surface area contributed by atoms with Gasteiger partial charge in [0.15, 0.2) is 0 Å². The Balaban J connectivity index is 1.88. The molecular formula is C14H13ClN6. The molecule has 106 valence electrons. The Bertz CT molecular complexity index is 784. The fraction of sp³-hybridized carbons (Fsp3) is 0.286. The van der Waals surface area contributed by atoms with Crippen LogP contribution in [-0.4, -0.2) is 24.5 Å². The van der Waals surface area contributed by atoms with E-state index in [0.29, 0.717) is 11.4 Å². The molecule has 0 saturated heterocycles. The molecule has 0 aliphatic heterocycles. The number of rotatable bonds is 5. The maximum absolute atomic E-state index is 9.16. The summed E-state index contributed by atoms with van der Waals surface area (Å²) in [7, 11) is 0. The molecule has 0 radical (unpaired) electrons. The zero-order valence-electron chi connectivity index (χ0n) is 11.3. The first-order valence-electron chi connectivity index (χ1n) is 6.62. The third-order valence-corrected chi connectivity index (χ3v) is 3.58. The third kappa shape index (κ3) is 2.60. The van der Waals surface area contributed by atoms with Crippen LogP contribution in [0.5, 0.6) is 0 Å². The summed E-state index contributed by atoms with van der Waals surface area (Å²) in [5.74, 6) is 1.11. The van der Waals surface area contributed by atoms with Gasteiger partial charge in [0.05, 0.1) is 23.2 Å². The first kappa shape index (κ1) is 13.6. The van der Waals surface area contributed by atoms with Crippen LogP contribution in [0.3, 0.4) is 0 Å². The Morgan fingerprint density at radius 1 is 1.29 bits per heavy atom. The number of hydrogen-bond acceptors (Lipinski definition) is 4. The molecule has 7 heteroatoms. The Hall–Kier alpha value is -2.39. The smallest absolute Gasteiger partial charge is 0.124 e. The number of hydrogen-bond donors (Lipinski definition) is 0. The minimum absolute atomic E-state index is 0.322. The first-order chi connectivity index (χ1) is 10.3. The number of halogens is 1. The lowest BCUT2D eigenvalue weighted by atomic mass is 10.2. The predicted molar refractivity (Wildman–Crippen MR) is 78.6 cm³/mol. The van der Waals surface area contributed by atoms with E-state index in [-0.39, 0.29) is 0 Å². The molecule has 0 spiro atoms. The highest BCUT2D eigenvalue weighted by Gasteiger charge is 2.12. The van der Waals surface area contributed by atoms with E-state index in [9.17, 15) is 0 Å². The fourth-order valence-electron chi connectivity index (χ4n) is 2.38. The normalized spacial score (nSPS) is 10.9. The van der Waals surface area contributed by atoms with Crippen molar-refractivity contribution in [2.45, 2.75) is 25.4 Å². The zero-order chi connectivity index (χ0) is 14.7. The second-order valence-corrected chi connectivity index (χ2v) is 4.89. The monoisotopic (exact) mass is 300 g/mol. The number of aryl methyl sites for hydroxylation is 2. The molecule has 0 atom stereocenters. The van der Waals surface area contributed by atoms with Crippen LogP contribution in [-0.2, 0) is 19.0 Å². The molecule has 6 nitrogen and oxygen atoms in total. The lowest BCUT2D eigenvalue weighted by Gasteiger charge is -2.07. The number of benzene rings is 1. The summed E-state index contributed by atoms with van der Waals surface area (Å²) in [5, 5.41) is 16.9. The van der Waals surface area contributed by atoms with Gasteiger partial charge in [-0.15, -0.1) is 16.7 Å². The van der Waals surface area contributed by atoms with Gasteiger partial charge in [-0.25, -0.2) is 4.98 Å². The van der Waals surface area contributed by atoms with Gasteiger partial charge in [-0.05, 0) is 18.6 Å². The minimum Gasteiger partial charge on any atom is -0.327 e. The molecule has 0 amide bonds. The molecule has 2 aromatic heterocycles. The summed E-state index contributed by atoms with van der Waals surface area (Å²) < 4.78 is 3.86. The summed E-state index contributed by atoms with van der Waals surface area (Å²) >= 11 is 5.98. The summed E-state index contributed by atoms with van der Waals surface area (Å²) in [6.45, 7) is 1.55. The van der Waals surface area contributed by atoms with Crippen molar-refractivity contribution in [2.75, 3.05) is 0 Å². The summed E-state index contributed by atoms with van der Waals surface area (Å²) in [4.78, 5) is 4.49. The van der Waals surface area contributed by atoms with E-state index in [2.05, 4.69) is 25.9 Å². The average Bonchev–Trinajstić information content (AvgIpc) is 3.14. The van der Waals surface area contributed by atoms with Gasteiger partial charge >= 0.3 is 0 Å². The quantitative estimate of drug-likeness (QED) is 0.678. The van der Waals surface area contributed by atoms with Crippen molar-refractivity contribution in [2.24, 2.45) is 0 Å². The van der Waals surface area contributed by atoms with Crippen molar-refractivity contribution in [1.29, 1.82) is 5.26 Å². The van der Waals surface area contributed by atoms with Crippen LogP contribution in [0.4, 0.5) is 0 Å². The number of para-hydroxylation sites is 1. The second kappa shape index (κ2) is 5.94. The molecule has 1 aromatic carbocycles. The van der Waals surface area contributed by atoms with E-state index in [0.717, 1.165) is 36.4 Å². The maximum Gasteiger partial charge on any atom is 0.124 e.